The van der Waals surface area contributed by atoms with Crippen molar-refractivity contribution in [3.8, 4) is 5.75 Å². The molecule has 1 fully saturated rings. The maximum Gasteiger partial charge on any atom is 0.165 e. The van der Waals surface area contributed by atoms with Crippen LogP contribution < -0.4 is 4.74 Å². The molecule has 0 aliphatic carbocycles. The summed E-state index contributed by atoms with van der Waals surface area (Å²) in [6, 6.07) is 4.63. The van der Waals surface area contributed by atoms with Crippen LogP contribution in [0.5, 0.6) is 5.75 Å². The number of benzene rings is 1. The van der Waals surface area contributed by atoms with E-state index < -0.39 is 11.4 Å². The minimum absolute atomic E-state index is 0.0360. The van der Waals surface area contributed by atoms with Crippen LogP contribution in [-0.4, -0.2) is 24.9 Å². The van der Waals surface area contributed by atoms with Crippen molar-refractivity contribution in [3.05, 3.63) is 29.6 Å². The van der Waals surface area contributed by atoms with Crippen molar-refractivity contribution >= 4 is 0 Å². The van der Waals surface area contributed by atoms with Gasteiger partial charge >= 0.3 is 0 Å². The second kappa shape index (κ2) is 5.24. The van der Waals surface area contributed by atoms with E-state index in [1.165, 1.54) is 13.2 Å². The maximum atomic E-state index is 13.7. The van der Waals surface area contributed by atoms with Crippen molar-refractivity contribution in [1.29, 1.82) is 0 Å². The predicted molar refractivity (Wildman–Crippen MR) is 66.1 cm³/mol. The van der Waals surface area contributed by atoms with Gasteiger partial charge in [-0.2, -0.15) is 0 Å². The van der Waals surface area contributed by atoms with Gasteiger partial charge in [0.05, 0.1) is 25.4 Å². The molecule has 0 bridgehead atoms. The molecule has 1 heterocycles. The molecule has 1 aromatic carbocycles. The Bertz CT molecular complexity index is 422. The van der Waals surface area contributed by atoms with Gasteiger partial charge in [0.15, 0.2) is 11.6 Å². The minimum Gasteiger partial charge on any atom is -0.494 e. The summed E-state index contributed by atoms with van der Waals surface area (Å²) >= 11 is 0. The third-order valence-electron chi connectivity index (χ3n) is 3.58. The Hall–Kier alpha value is -1.13. The van der Waals surface area contributed by atoms with Crippen molar-refractivity contribution in [2.45, 2.75) is 37.9 Å². The van der Waals surface area contributed by atoms with E-state index in [0.29, 0.717) is 25.0 Å². The van der Waals surface area contributed by atoms with Gasteiger partial charge in [-0.15, -0.1) is 0 Å². The highest BCUT2D eigenvalue weighted by Gasteiger charge is 2.36. The Morgan fingerprint density at radius 1 is 1.56 bits per heavy atom. The zero-order valence-electron chi connectivity index (χ0n) is 10.8. The lowest BCUT2D eigenvalue weighted by Gasteiger charge is -2.37. The van der Waals surface area contributed by atoms with Gasteiger partial charge in [0.25, 0.3) is 0 Å². The zero-order chi connectivity index (χ0) is 13.2. The summed E-state index contributed by atoms with van der Waals surface area (Å²) in [7, 11) is 1.42. The van der Waals surface area contributed by atoms with Gasteiger partial charge in [0.2, 0.25) is 0 Å². The van der Waals surface area contributed by atoms with Crippen molar-refractivity contribution in [3.63, 3.8) is 0 Å². The highest BCUT2D eigenvalue weighted by atomic mass is 19.1. The summed E-state index contributed by atoms with van der Waals surface area (Å²) in [6.07, 6.45) is 1.89. The molecule has 1 aromatic rings. The van der Waals surface area contributed by atoms with Crippen LogP contribution in [0.2, 0.25) is 0 Å². The summed E-state index contributed by atoms with van der Waals surface area (Å²) in [4.78, 5) is 0. The Kier molecular flexibility index (Phi) is 3.88. The molecular weight excluding hydrogens is 235 g/mol. The van der Waals surface area contributed by atoms with Gasteiger partial charge in [-0.1, -0.05) is 13.0 Å². The lowest BCUT2D eigenvalue weighted by Crippen LogP contribution is -2.38. The molecule has 2 unspecified atom stereocenters. The van der Waals surface area contributed by atoms with Crippen LogP contribution in [0.25, 0.3) is 0 Å². The molecule has 0 radical (unpaired) electrons. The van der Waals surface area contributed by atoms with Gasteiger partial charge in [-0.3, -0.25) is 0 Å². The highest BCUT2D eigenvalue weighted by Crippen LogP contribution is 2.36. The van der Waals surface area contributed by atoms with E-state index in [9.17, 15) is 9.50 Å². The smallest absolute Gasteiger partial charge is 0.165 e. The third-order valence-corrected chi connectivity index (χ3v) is 3.58. The second-order valence-electron chi connectivity index (χ2n) is 4.74. The lowest BCUT2D eigenvalue weighted by molar-refractivity contribution is -0.108. The molecule has 2 atom stereocenters. The van der Waals surface area contributed by atoms with Crippen LogP contribution in [0.15, 0.2) is 18.2 Å². The Labute approximate surface area is 107 Å². The number of methoxy groups -OCH3 is 1. The quantitative estimate of drug-likeness (QED) is 0.901. The van der Waals surface area contributed by atoms with Crippen molar-refractivity contribution < 1.29 is 19.0 Å². The summed E-state index contributed by atoms with van der Waals surface area (Å²) in [5, 5.41) is 10.6. The molecule has 1 aliphatic heterocycles. The summed E-state index contributed by atoms with van der Waals surface area (Å²) in [5.41, 5.74) is -0.394. The molecule has 0 spiro atoms. The fourth-order valence-electron chi connectivity index (χ4n) is 2.41. The van der Waals surface area contributed by atoms with Gasteiger partial charge in [0.1, 0.15) is 0 Å². The molecule has 1 N–H and O–H groups in total. The Morgan fingerprint density at radius 3 is 2.94 bits per heavy atom. The molecule has 0 aromatic heterocycles. The predicted octanol–water partition coefficient (Wildman–Crippen LogP) is 2.61. The SMILES string of the molecule is CCC1CC(O)(c2ccc(OC)c(F)c2)CCO1. The van der Waals surface area contributed by atoms with E-state index in [4.69, 9.17) is 9.47 Å². The molecule has 100 valence electrons. The third kappa shape index (κ3) is 2.49. The molecule has 3 nitrogen and oxygen atoms in total. The van der Waals surface area contributed by atoms with Gasteiger partial charge < -0.3 is 14.6 Å². The molecule has 0 saturated carbocycles. The number of hydrogen-bond acceptors (Lipinski definition) is 3. The van der Waals surface area contributed by atoms with E-state index in [1.807, 2.05) is 6.92 Å². The minimum atomic E-state index is -0.994. The average Bonchev–Trinajstić information content (AvgIpc) is 2.38. The number of halogens is 1. The van der Waals surface area contributed by atoms with Gasteiger partial charge in [-0.25, -0.2) is 4.39 Å². The van der Waals surface area contributed by atoms with Crippen molar-refractivity contribution in [1.82, 2.24) is 0 Å². The van der Waals surface area contributed by atoms with Gasteiger partial charge in [0, 0.05) is 12.8 Å². The first-order chi connectivity index (χ1) is 8.59. The summed E-state index contributed by atoms with van der Waals surface area (Å²) in [6.45, 7) is 2.52. The molecule has 2 rings (SSSR count). The fourth-order valence-corrected chi connectivity index (χ4v) is 2.41. The molecule has 4 heteroatoms. The normalized spacial score (nSPS) is 28.1. The topological polar surface area (TPSA) is 38.7 Å². The first kappa shape index (κ1) is 13.3. The molecule has 1 aliphatic rings. The van der Waals surface area contributed by atoms with Crippen LogP contribution in [0.4, 0.5) is 4.39 Å². The molecular formula is C14H19FO3. The maximum absolute atomic E-state index is 13.7. The first-order valence-corrected chi connectivity index (χ1v) is 6.27. The Morgan fingerprint density at radius 2 is 2.33 bits per heavy atom. The summed E-state index contributed by atoms with van der Waals surface area (Å²) < 4.78 is 24.1. The van der Waals surface area contributed by atoms with Crippen LogP contribution in [0, 0.1) is 5.82 Å². The number of ether oxygens (including phenoxy) is 2. The van der Waals surface area contributed by atoms with Crippen LogP contribution in [0.1, 0.15) is 31.7 Å². The van der Waals surface area contributed by atoms with E-state index in [0.717, 1.165) is 6.42 Å². The second-order valence-corrected chi connectivity index (χ2v) is 4.74. The van der Waals surface area contributed by atoms with Crippen LogP contribution in [-0.2, 0) is 10.3 Å². The van der Waals surface area contributed by atoms with E-state index in [1.54, 1.807) is 12.1 Å². The zero-order valence-corrected chi connectivity index (χ0v) is 10.8. The van der Waals surface area contributed by atoms with Gasteiger partial charge in [-0.05, 0) is 24.1 Å². The number of hydrogen-bond donors (Lipinski definition) is 1. The van der Waals surface area contributed by atoms with E-state index in [2.05, 4.69) is 0 Å². The fraction of sp³-hybridized carbons (Fsp3) is 0.571. The number of rotatable bonds is 3. The largest absolute Gasteiger partial charge is 0.494 e. The molecule has 1 saturated heterocycles. The highest BCUT2D eigenvalue weighted by molar-refractivity contribution is 5.32. The van der Waals surface area contributed by atoms with E-state index >= 15 is 0 Å². The summed E-state index contributed by atoms with van der Waals surface area (Å²) in [5.74, 6) is -0.246. The molecule has 0 amide bonds. The standard InChI is InChI=1S/C14H19FO3/c1-3-11-9-14(16,6-7-18-11)10-4-5-13(17-2)12(15)8-10/h4-5,8,11,16H,3,6-7,9H2,1-2H3. The van der Waals surface area contributed by atoms with Crippen molar-refractivity contribution in [2.24, 2.45) is 0 Å². The van der Waals surface area contributed by atoms with Crippen molar-refractivity contribution in [2.75, 3.05) is 13.7 Å². The van der Waals surface area contributed by atoms with E-state index in [-0.39, 0.29) is 11.9 Å². The monoisotopic (exact) mass is 254 g/mol. The number of aliphatic hydroxyl groups is 1. The lowest BCUT2D eigenvalue weighted by atomic mass is 9.83. The van der Waals surface area contributed by atoms with Crippen LogP contribution >= 0.6 is 0 Å². The van der Waals surface area contributed by atoms with Crippen LogP contribution in [0.3, 0.4) is 0 Å². The molecule has 18 heavy (non-hydrogen) atoms. The Balaban J connectivity index is 2.26. The average molecular weight is 254 g/mol. The first-order valence-electron chi connectivity index (χ1n) is 6.27.